The van der Waals surface area contributed by atoms with Crippen molar-refractivity contribution in [2.45, 2.75) is 6.92 Å². The highest BCUT2D eigenvalue weighted by molar-refractivity contribution is 6.60. The maximum Gasteiger partial charge on any atom is 0.229 e. The number of fused-ring (bicyclic) bond motifs is 3. The summed E-state index contributed by atoms with van der Waals surface area (Å²) in [5.74, 6) is -0.820. The van der Waals surface area contributed by atoms with Crippen molar-refractivity contribution in [2.24, 2.45) is 0 Å². The molecule has 2 aromatic rings. The van der Waals surface area contributed by atoms with E-state index in [1.54, 1.807) is 6.92 Å². The molecule has 0 N–H and O–H groups in total. The van der Waals surface area contributed by atoms with Crippen LogP contribution in [-0.4, -0.2) is 11.6 Å². The molecule has 0 saturated heterocycles. The Morgan fingerprint density at radius 1 is 0.941 bits per heavy atom. The van der Waals surface area contributed by atoms with Crippen molar-refractivity contribution in [3.8, 4) is 0 Å². The molecule has 0 aromatic heterocycles. The van der Waals surface area contributed by atoms with E-state index in [1.807, 2.05) is 36.4 Å². The molecule has 17 heavy (non-hydrogen) atoms. The first-order valence-electron chi connectivity index (χ1n) is 5.47. The highest BCUT2D eigenvalue weighted by Gasteiger charge is 2.18. The van der Waals surface area contributed by atoms with Crippen molar-refractivity contribution in [2.75, 3.05) is 0 Å². The first-order chi connectivity index (χ1) is 8.18. The maximum absolute atomic E-state index is 11.6. The number of hydrogen-bond donors (Lipinski definition) is 0. The van der Waals surface area contributed by atoms with Crippen LogP contribution < -0.4 is 10.4 Å². The first kappa shape index (κ1) is 9.97. The van der Waals surface area contributed by atoms with Gasteiger partial charge in [-0.05, 0) is 34.2 Å². The van der Waals surface area contributed by atoms with Crippen molar-refractivity contribution in [3.63, 3.8) is 0 Å². The van der Waals surface area contributed by atoms with Crippen molar-refractivity contribution >= 4 is 34.0 Å². The second-order valence-electron chi connectivity index (χ2n) is 4.21. The van der Waals surface area contributed by atoms with Gasteiger partial charge in [-0.25, -0.2) is 0 Å². The molecule has 0 unspecified atom stereocenters. The summed E-state index contributed by atoms with van der Waals surface area (Å²) in [6, 6.07) is 11.8. The van der Waals surface area contributed by atoms with Crippen LogP contribution in [0.1, 0.15) is 6.92 Å². The highest BCUT2D eigenvalue weighted by atomic mass is 16.2. The summed E-state index contributed by atoms with van der Waals surface area (Å²) in [7, 11) is 0. The highest BCUT2D eigenvalue weighted by Crippen LogP contribution is 2.09. The van der Waals surface area contributed by atoms with E-state index in [-0.39, 0.29) is 0 Å². The quantitative estimate of drug-likeness (QED) is 0.622. The lowest BCUT2D eigenvalue weighted by molar-refractivity contribution is -0.129. The molecule has 0 amide bonds. The number of Topliss-reactive ketones (excluding diaryl/α,β-unsaturated/α-hetero) is 2. The van der Waals surface area contributed by atoms with Crippen molar-refractivity contribution < 1.29 is 9.59 Å². The van der Waals surface area contributed by atoms with Gasteiger partial charge in [0.15, 0.2) is 0 Å². The van der Waals surface area contributed by atoms with Crippen LogP contribution >= 0.6 is 0 Å². The second-order valence-corrected chi connectivity index (χ2v) is 4.21. The molecule has 2 nitrogen and oxygen atoms in total. The number of carbonyl (C=O) groups is 2. The molecule has 0 atom stereocenters. The number of rotatable bonds is 0. The zero-order valence-corrected chi connectivity index (χ0v) is 9.36. The Morgan fingerprint density at radius 2 is 1.71 bits per heavy atom. The van der Waals surface area contributed by atoms with Gasteiger partial charge in [0.05, 0.1) is 0 Å². The topological polar surface area (TPSA) is 34.1 Å². The van der Waals surface area contributed by atoms with Gasteiger partial charge in [0.2, 0.25) is 11.6 Å². The third-order valence-electron chi connectivity index (χ3n) is 3.21. The summed E-state index contributed by atoms with van der Waals surface area (Å²) in [5, 5.41) is 3.83. The molecule has 0 fully saturated rings. The molecule has 2 heteroatoms. The molecular weight excluding hydrogens is 212 g/mol. The van der Waals surface area contributed by atoms with Crippen LogP contribution in [0.3, 0.4) is 0 Å². The average Bonchev–Trinajstić information content (AvgIpc) is 2.36. The van der Waals surface area contributed by atoms with E-state index in [1.165, 1.54) is 6.08 Å². The van der Waals surface area contributed by atoms with Crippen LogP contribution in [0, 0.1) is 0 Å². The summed E-state index contributed by atoms with van der Waals surface area (Å²) in [6.45, 7) is 1.71. The van der Waals surface area contributed by atoms with Gasteiger partial charge < -0.3 is 0 Å². The normalized spacial score (nSPS) is 14.8. The second kappa shape index (κ2) is 3.39. The molecule has 0 aliphatic heterocycles. The lowest BCUT2D eigenvalue weighted by Crippen LogP contribution is -2.36. The number of benzene rings is 2. The molecular formula is C15H10O2. The Bertz CT molecular complexity index is 782. The predicted octanol–water partition coefficient (Wildman–Crippen LogP) is 0.943. The van der Waals surface area contributed by atoms with Gasteiger partial charge in [0.1, 0.15) is 0 Å². The predicted molar refractivity (Wildman–Crippen MR) is 66.8 cm³/mol. The molecule has 0 saturated carbocycles. The van der Waals surface area contributed by atoms with E-state index in [9.17, 15) is 9.59 Å². The number of carbonyl (C=O) groups excluding carboxylic acids is 2. The van der Waals surface area contributed by atoms with Gasteiger partial charge in [-0.3, -0.25) is 9.59 Å². The first-order valence-corrected chi connectivity index (χ1v) is 5.47. The Hall–Kier alpha value is -2.22. The van der Waals surface area contributed by atoms with Crippen LogP contribution in [0.4, 0.5) is 0 Å². The van der Waals surface area contributed by atoms with E-state index in [0.717, 1.165) is 21.2 Å². The van der Waals surface area contributed by atoms with Crippen LogP contribution in [0.15, 0.2) is 36.4 Å². The zero-order valence-electron chi connectivity index (χ0n) is 9.36. The smallest absolute Gasteiger partial charge is 0.229 e. The van der Waals surface area contributed by atoms with E-state index in [2.05, 4.69) is 0 Å². The average molecular weight is 222 g/mol. The molecule has 0 heterocycles. The summed E-state index contributed by atoms with van der Waals surface area (Å²) >= 11 is 0. The van der Waals surface area contributed by atoms with E-state index in [0.29, 0.717) is 5.57 Å². The van der Waals surface area contributed by atoms with Gasteiger partial charge in [0.25, 0.3) is 0 Å². The minimum atomic E-state index is -0.425. The van der Waals surface area contributed by atoms with E-state index < -0.39 is 11.6 Å². The fraction of sp³-hybridized carbons (Fsp3) is 0.0667. The van der Waals surface area contributed by atoms with Crippen LogP contribution in [0.25, 0.3) is 22.4 Å². The largest absolute Gasteiger partial charge is 0.286 e. The third-order valence-corrected chi connectivity index (χ3v) is 3.21. The van der Waals surface area contributed by atoms with Gasteiger partial charge in [-0.15, -0.1) is 0 Å². The van der Waals surface area contributed by atoms with E-state index in [4.69, 9.17) is 0 Å². The molecule has 3 rings (SSSR count). The lowest BCUT2D eigenvalue weighted by atomic mass is 9.95. The molecule has 82 valence electrons. The van der Waals surface area contributed by atoms with Gasteiger partial charge in [-0.2, -0.15) is 0 Å². The van der Waals surface area contributed by atoms with Gasteiger partial charge in [0, 0.05) is 5.57 Å². The monoisotopic (exact) mass is 222 g/mol. The fourth-order valence-electron chi connectivity index (χ4n) is 2.28. The van der Waals surface area contributed by atoms with Crippen LogP contribution in [0.2, 0.25) is 0 Å². The van der Waals surface area contributed by atoms with Crippen molar-refractivity contribution in [3.05, 3.63) is 46.8 Å². The molecule has 0 bridgehead atoms. The Kier molecular flexibility index (Phi) is 1.99. The van der Waals surface area contributed by atoms with Crippen LogP contribution in [-0.2, 0) is 9.59 Å². The Balaban J connectivity index is 2.63. The van der Waals surface area contributed by atoms with Gasteiger partial charge >= 0.3 is 0 Å². The molecule has 2 aromatic carbocycles. The van der Waals surface area contributed by atoms with Crippen LogP contribution in [0.5, 0.6) is 0 Å². The van der Waals surface area contributed by atoms with Crippen molar-refractivity contribution in [1.82, 2.24) is 0 Å². The summed E-state index contributed by atoms with van der Waals surface area (Å²) < 4.78 is 0. The molecule has 1 aliphatic rings. The summed E-state index contributed by atoms with van der Waals surface area (Å²) in [6.07, 6.45) is 1.45. The summed E-state index contributed by atoms with van der Waals surface area (Å²) in [5.41, 5.74) is 0.540. The fourth-order valence-corrected chi connectivity index (χ4v) is 2.28. The van der Waals surface area contributed by atoms with E-state index >= 15 is 0 Å². The minimum Gasteiger partial charge on any atom is -0.286 e. The summed E-state index contributed by atoms with van der Waals surface area (Å²) in [4.78, 5) is 23.2. The van der Waals surface area contributed by atoms with Crippen molar-refractivity contribution in [1.29, 1.82) is 0 Å². The maximum atomic E-state index is 11.6. The molecule has 1 aliphatic carbocycles. The van der Waals surface area contributed by atoms with Gasteiger partial charge in [-0.1, -0.05) is 36.4 Å². The standard InChI is InChI=1S/C15H10O2/c1-9-11-7-6-10-4-2-3-5-12(10)13(11)8-14(16)15(9)17/h2-8H,1H3. The SMILES string of the molecule is CC1=c2ccc3ccccc3c2=CC(=O)C1=O. The number of hydrogen-bond acceptors (Lipinski definition) is 2. The molecule has 0 spiro atoms. The zero-order chi connectivity index (χ0) is 12.0. The lowest BCUT2D eigenvalue weighted by Gasteiger charge is -2.07. The third kappa shape index (κ3) is 1.34. The minimum absolute atomic E-state index is 0.396. The Labute approximate surface area is 97.9 Å². The number of ketones is 2. The molecule has 0 radical (unpaired) electrons. The Morgan fingerprint density at radius 3 is 2.53 bits per heavy atom.